The summed E-state index contributed by atoms with van der Waals surface area (Å²) in [5.74, 6) is 0. The maximum Gasteiger partial charge on any atom is 2.00 e. The molecule has 0 aromatic carbocycles. The zero-order valence-corrected chi connectivity index (χ0v) is 6.42. The van der Waals surface area contributed by atoms with Crippen molar-refractivity contribution in [3.05, 3.63) is 0 Å². The van der Waals surface area contributed by atoms with Crippen molar-refractivity contribution in [2.75, 3.05) is 0 Å². The van der Waals surface area contributed by atoms with Crippen molar-refractivity contribution in [1.82, 2.24) is 0 Å². The maximum atomic E-state index is 8.33. The van der Waals surface area contributed by atoms with E-state index in [0.717, 1.165) is 0 Å². The summed E-state index contributed by atoms with van der Waals surface area (Å²) in [6.45, 7) is 0. The van der Waals surface area contributed by atoms with E-state index in [1.54, 1.807) is 0 Å². The minimum Gasteiger partial charge on any atom is -0.652 e. The van der Waals surface area contributed by atoms with E-state index in [1.165, 1.54) is 0 Å². The van der Waals surface area contributed by atoms with Gasteiger partial charge in [0.05, 0.1) is 0 Å². The van der Waals surface area contributed by atoms with Crippen molar-refractivity contribution in [1.29, 1.82) is 0 Å². The van der Waals surface area contributed by atoms with Crippen LogP contribution in [0.1, 0.15) is 0 Å². The molecule has 1 radical (unpaired) electrons. The largest absolute Gasteiger partial charge is 2.00 e. The average molecular weight is 208 g/mol. The predicted molar refractivity (Wildman–Crippen MR) is 11.1 cm³/mol. The van der Waals surface area contributed by atoms with E-state index in [-0.39, 0.29) is 60.1 Å². The van der Waals surface area contributed by atoms with Crippen molar-refractivity contribution >= 4 is 43.9 Å². The van der Waals surface area contributed by atoms with Crippen LogP contribution in [0.25, 0.3) is 0 Å². The summed E-state index contributed by atoms with van der Waals surface area (Å²) < 4.78 is 0. The average Bonchev–Trinajstić information content (AvgIpc) is 0.811. The first kappa shape index (κ1) is 15.7. The van der Waals surface area contributed by atoms with Gasteiger partial charge in [-0.05, 0) is 6.16 Å². The molecule has 6 heavy (non-hydrogen) atoms. The number of hydrogen-bond acceptors (Lipinski definition) is 3. The van der Waals surface area contributed by atoms with Crippen LogP contribution in [-0.4, -0.2) is 43.9 Å². The Labute approximate surface area is 80.2 Å². The molecule has 0 spiro atoms. The third-order valence-electron chi connectivity index (χ3n) is 0. The fourth-order valence-corrected chi connectivity index (χ4v) is 0. The number of carbonyl (C=O) groups excluding carboxylic acids is 1. The first-order chi connectivity index (χ1) is 1.73. The van der Waals surface area contributed by atoms with Crippen LogP contribution in [0.2, 0.25) is 0 Å². The molecule has 0 heterocycles. The minimum atomic E-state index is -2.33. The summed E-state index contributed by atoms with van der Waals surface area (Å²) in [6.07, 6.45) is -2.33. The van der Waals surface area contributed by atoms with Gasteiger partial charge in [0.25, 0.3) is 0 Å². The van der Waals surface area contributed by atoms with Gasteiger partial charge in [-0.2, -0.15) is 0 Å². The second-order valence-corrected chi connectivity index (χ2v) is 0.250. The summed E-state index contributed by atoms with van der Waals surface area (Å²) in [4.78, 5) is 8.33. The van der Waals surface area contributed by atoms with Crippen LogP contribution in [-0.2, 0) is 22.4 Å². The molecule has 0 aliphatic carbocycles. The van der Waals surface area contributed by atoms with Gasteiger partial charge in [0.2, 0.25) is 0 Å². The molecule has 0 aliphatic rings. The molecule has 0 aromatic rings. The third kappa shape index (κ3) is 59.6. The van der Waals surface area contributed by atoms with Crippen LogP contribution < -0.4 is 10.2 Å². The Balaban J connectivity index is -0.0000000450. The third-order valence-corrected chi connectivity index (χ3v) is 0. The normalized spacial score (nSPS) is 4.00. The molecule has 0 bridgehead atoms. The van der Waals surface area contributed by atoms with Gasteiger partial charge in [-0.1, -0.05) is 0 Å². The Hall–Kier alpha value is 1.27. The molecule has 35 valence electrons. The first-order valence-corrected chi connectivity index (χ1v) is 0.612. The van der Waals surface area contributed by atoms with Crippen molar-refractivity contribution in [2.45, 2.75) is 0 Å². The van der Waals surface area contributed by atoms with E-state index in [0.29, 0.717) is 0 Å². The molecular formula is CAgCaO3. The fraction of sp³-hybridized carbons (Fsp3) is 0. The van der Waals surface area contributed by atoms with Gasteiger partial charge in [0.15, 0.2) is 0 Å². The van der Waals surface area contributed by atoms with E-state index in [2.05, 4.69) is 0 Å². The fourth-order valence-electron chi connectivity index (χ4n) is 0. The monoisotopic (exact) mass is 207 g/mol. The molecule has 0 rings (SSSR count). The molecule has 0 amide bonds. The molecule has 5 heteroatoms. The molecule has 0 N–H and O–H groups in total. The summed E-state index contributed by atoms with van der Waals surface area (Å²) in [7, 11) is 0. The first-order valence-electron chi connectivity index (χ1n) is 0.612. The van der Waals surface area contributed by atoms with Gasteiger partial charge < -0.3 is 15.0 Å². The molecule has 0 saturated carbocycles. The molecule has 0 aromatic heterocycles. The smallest absolute Gasteiger partial charge is 0.652 e. The van der Waals surface area contributed by atoms with Gasteiger partial charge >= 0.3 is 37.7 Å². The molecule has 0 unspecified atom stereocenters. The maximum absolute atomic E-state index is 8.33. The SMILES string of the molecule is O=C([O-])[O-].[Ag].[Ca+2]. The van der Waals surface area contributed by atoms with Crippen LogP contribution in [0.5, 0.6) is 0 Å². The number of carboxylic acid groups (broad SMARTS) is 2. The molecular weight excluding hydrogens is 208 g/mol. The standard InChI is InChI=1S/CH2O3.Ag.Ca/c2-1(3)4;;/h(H2,2,3,4);;/q;;+2/p-2. The summed E-state index contributed by atoms with van der Waals surface area (Å²) >= 11 is 0. The van der Waals surface area contributed by atoms with Gasteiger partial charge in [-0.15, -0.1) is 0 Å². The van der Waals surface area contributed by atoms with E-state index in [4.69, 9.17) is 15.0 Å². The molecule has 3 nitrogen and oxygen atoms in total. The van der Waals surface area contributed by atoms with E-state index >= 15 is 0 Å². The molecule has 0 fully saturated rings. The van der Waals surface area contributed by atoms with Crippen molar-refractivity contribution in [3.8, 4) is 0 Å². The summed E-state index contributed by atoms with van der Waals surface area (Å²) in [5.41, 5.74) is 0. The number of rotatable bonds is 0. The van der Waals surface area contributed by atoms with Gasteiger partial charge in [-0.25, -0.2) is 0 Å². The molecule has 0 atom stereocenters. The van der Waals surface area contributed by atoms with E-state index < -0.39 is 6.16 Å². The van der Waals surface area contributed by atoms with E-state index in [1.807, 2.05) is 0 Å². The Morgan fingerprint density at radius 3 is 1.33 bits per heavy atom. The van der Waals surface area contributed by atoms with Crippen molar-refractivity contribution in [2.24, 2.45) is 0 Å². The predicted octanol–water partition coefficient (Wildman–Crippen LogP) is -2.83. The molecule has 0 saturated heterocycles. The van der Waals surface area contributed by atoms with Gasteiger partial charge in [-0.3, -0.25) is 0 Å². The minimum absolute atomic E-state index is 0. The van der Waals surface area contributed by atoms with Gasteiger partial charge in [0, 0.05) is 22.4 Å². The Kier molecular flexibility index (Phi) is 25.0. The van der Waals surface area contributed by atoms with Crippen LogP contribution in [0.4, 0.5) is 4.79 Å². The summed E-state index contributed by atoms with van der Waals surface area (Å²) in [6, 6.07) is 0. The van der Waals surface area contributed by atoms with Crippen LogP contribution >= 0.6 is 0 Å². The Bertz CT molecular complexity index is 33.8. The molecule has 0 aliphatic heterocycles. The Morgan fingerprint density at radius 1 is 1.33 bits per heavy atom. The second kappa shape index (κ2) is 9.55. The zero-order valence-electron chi connectivity index (χ0n) is 2.73. The van der Waals surface area contributed by atoms with Crippen molar-refractivity contribution < 1.29 is 37.4 Å². The number of hydrogen-bond donors (Lipinski definition) is 0. The van der Waals surface area contributed by atoms with Gasteiger partial charge in [0.1, 0.15) is 0 Å². The van der Waals surface area contributed by atoms with Crippen LogP contribution in [0.15, 0.2) is 0 Å². The van der Waals surface area contributed by atoms with Crippen molar-refractivity contribution in [3.63, 3.8) is 0 Å². The topological polar surface area (TPSA) is 63.2 Å². The summed E-state index contributed by atoms with van der Waals surface area (Å²) in [5, 5.41) is 16.7. The Morgan fingerprint density at radius 2 is 1.33 bits per heavy atom. The van der Waals surface area contributed by atoms with E-state index in [9.17, 15) is 0 Å². The van der Waals surface area contributed by atoms with Crippen LogP contribution in [0, 0.1) is 0 Å². The number of carbonyl (C=O) groups is 1. The zero-order chi connectivity index (χ0) is 3.58. The quantitative estimate of drug-likeness (QED) is 0.403. The second-order valence-electron chi connectivity index (χ2n) is 0.250. The van der Waals surface area contributed by atoms with Crippen LogP contribution in [0.3, 0.4) is 0 Å².